The predicted molar refractivity (Wildman–Crippen MR) is 141 cm³/mol. The third-order valence-electron chi connectivity index (χ3n) is 6.05. The second-order valence-electron chi connectivity index (χ2n) is 9.38. The smallest absolute Gasteiger partial charge is 0.334 e. The van der Waals surface area contributed by atoms with E-state index in [0.29, 0.717) is 6.61 Å². The Bertz CT molecular complexity index is 470. The van der Waals surface area contributed by atoms with Gasteiger partial charge in [-0.3, -0.25) is 5.32 Å². The summed E-state index contributed by atoms with van der Waals surface area (Å²) in [7, 11) is 0. The molecule has 0 aromatic heterocycles. The maximum absolute atomic E-state index is 11.9. The van der Waals surface area contributed by atoms with Gasteiger partial charge < -0.3 is 19.3 Å². The molecular formula is C28H55NO6. The zero-order chi connectivity index (χ0) is 26.0. The van der Waals surface area contributed by atoms with Crippen LogP contribution in [0.5, 0.6) is 0 Å². The fraction of sp³-hybridized carbons (Fsp3) is 0.929. The van der Waals surface area contributed by atoms with Crippen LogP contribution >= 0.6 is 0 Å². The number of hydrogen-bond acceptors (Lipinski definition) is 7. The number of aliphatic hydroxyl groups excluding tert-OH is 1. The van der Waals surface area contributed by atoms with E-state index in [2.05, 4.69) is 12.2 Å². The van der Waals surface area contributed by atoms with E-state index in [0.717, 1.165) is 12.8 Å². The molecule has 0 amide bonds. The Morgan fingerprint density at radius 2 is 1.06 bits per heavy atom. The zero-order valence-electron chi connectivity index (χ0n) is 23.0. The molecular weight excluding hydrogens is 446 g/mol. The van der Waals surface area contributed by atoms with Crippen LogP contribution < -0.4 is 5.32 Å². The summed E-state index contributed by atoms with van der Waals surface area (Å²) in [6, 6.07) is -1.23. The van der Waals surface area contributed by atoms with Gasteiger partial charge in [-0.1, -0.05) is 103 Å². The monoisotopic (exact) mass is 501 g/mol. The molecule has 0 heterocycles. The number of rotatable bonds is 26. The summed E-state index contributed by atoms with van der Waals surface area (Å²) in [4.78, 5) is 23.8. The molecule has 0 fully saturated rings. The first-order valence-electron chi connectivity index (χ1n) is 14.4. The molecule has 2 N–H and O–H groups in total. The summed E-state index contributed by atoms with van der Waals surface area (Å²) in [5.41, 5.74) is 0. The molecule has 208 valence electrons. The van der Waals surface area contributed by atoms with Crippen molar-refractivity contribution >= 4 is 11.9 Å². The van der Waals surface area contributed by atoms with E-state index in [9.17, 15) is 14.7 Å². The molecule has 0 aliphatic carbocycles. The van der Waals surface area contributed by atoms with E-state index < -0.39 is 24.1 Å². The van der Waals surface area contributed by atoms with E-state index in [1.165, 1.54) is 89.9 Å². The van der Waals surface area contributed by atoms with Gasteiger partial charge in [0.15, 0.2) is 0 Å². The fourth-order valence-corrected chi connectivity index (χ4v) is 4.00. The topological polar surface area (TPSA) is 94.1 Å². The van der Waals surface area contributed by atoms with Crippen LogP contribution in [0.3, 0.4) is 0 Å². The summed E-state index contributed by atoms with van der Waals surface area (Å²) in [5, 5.41) is 12.8. The number of carbonyl (C=O) groups excluding carboxylic acids is 2. The standard InChI is InChI=1S/C28H55NO6/c1-4-7-8-9-10-11-12-13-14-15-16-17-18-19-20-21-22-33-24-25(30)23-29-26(27(31)34-5-2)28(32)35-6-3/h25-26,29-30H,4-24H2,1-3H3. The van der Waals surface area contributed by atoms with Crippen LogP contribution in [0.4, 0.5) is 0 Å². The number of aliphatic hydroxyl groups is 1. The minimum Gasteiger partial charge on any atom is -0.464 e. The van der Waals surface area contributed by atoms with Crippen molar-refractivity contribution in [3.8, 4) is 0 Å². The van der Waals surface area contributed by atoms with E-state index in [-0.39, 0.29) is 26.4 Å². The minimum atomic E-state index is -1.23. The number of nitrogens with one attached hydrogen (secondary N) is 1. The van der Waals surface area contributed by atoms with Gasteiger partial charge in [0.2, 0.25) is 6.04 Å². The fourth-order valence-electron chi connectivity index (χ4n) is 4.00. The van der Waals surface area contributed by atoms with Crippen molar-refractivity contribution in [3.63, 3.8) is 0 Å². The van der Waals surface area contributed by atoms with Gasteiger partial charge >= 0.3 is 11.9 Å². The third kappa shape index (κ3) is 21.8. The molecule has 0 rings (SSSR count). The maximum atomic E-state index is 11.9. The predicted octanol–water partition coefficient (Wildman–Crippen LogP) is 5.71. The molecule has 1 unspecified atom stereocenters. The van der Waals surface area contributed by atoms with Gasteiger partial charge in [0.1, 0.15) is 0 Å². The van der Waals surface area contributed by atoms with Gasteiger partial charge in [-0.2, -0.15) is 0 Å². The molecule has 0 radical (unpaired) electrons. The van der Waals surface area contributed by atoms with Gasteiger partial charge in [0.25, 0.3) is 0 Å². The Kier molecular flexibility index (Phi) is 25.0. The molecule has 7 heteroatoms. The lowest BCUT2D eigenvalue weighted by Crippen LogP contribution is -2.48. The summed E-state index contributed by atoms with van der Waals surface area (Å²) < 4.78 is 15.3. The molecule has 0 aliphatic heterocycles. The van der Waals surface area contributed by atoms with Gasteiger partial charge in [0, 0.05) is 13.2 Å². The van der Waals surface area contributed by atoms with E-state index in [1.807, 2.05) is 0 Å². The van der Waals surface area contributed by atoms with E-state index in [1.54, 1.807) is 13.8 Å². The summed E-state index contributed by atoms with van der Waals surface area (Å²) in [5.74, 6) is -1.40. The van der Waals surface area contributed by atoms with Gasteiger partial charge in [-0.15, -0.1) is 0 Å². The average molecular weight is 502 g/mol. The molecule has 0 saturated heterocycles. The molecule has 0 bridgehead atoms. The van der Waals surface area contributed by atoms with Crippen molar-refractivity contribution in [1.82, 2.24) is 5.32 Å². The highest BCUT2D eigenvalue weighted by Crippen LogP contribution is 2.13. The Balaban J connectivity index is 3.54. The van der Waals surface area contributed by atoms with Crippen LogP contribution in [0.25, 0.3) is 0 Å². The number of ether oxygens (including phenoxy) is 3. The van der Waals surface area contributed by atoms with Crippen molar-refractivity contribution in [2.75, 3.05) is 33.0 Å². The first kappa shape index (κ1) is 33.8. The Hall–Kier alpha value is -1.18. The van der Waals surface area contributed by atoms with Crippen molar-refractivity contribution in [2.45, 2.75) is 136 Å². The lowest BCUT2D eigenvalue weighted by molar-refractivity contribution is -0.158. The number of hydrogen-bond donors (Lipinski definition) is 2. The van der Waals surface area contributed by atoms with E-state index >= 15 is 0 Å². The molecule has 35 heavy (non-hydrogen) atoms. The number of carbonyl (C=O) groups is 2. The van der Waals surface area contributed by atoms with Crippen molar-refractivity contribution in [3.05, 3.63) is 0 Å². The molecule has 1 atom stereocenters. The van der Waals surface area contributed by atoms with Gasteiger partial charge in [0.05, 0.1) is 25.9 Å². The highest BCUT2D eigenvalue weighted by Gasteiger charge is 2.29. The molecule has 0 aromatic carbocycles. The minimum absolute atomic E-state index is 0.0429. The lowest BCUT2D eigenvalue weighted by atomic mass is 10.0. The molecule has 0 saturated carbocycles. The van der Waals surface area contributed by atoms with Crippen molar-refractivity contribution in [1.29, 1.82) is 0 Å². The van der Waals surface area contributed by atoms with Crippen LogP contribution in [-0.4, -0.2) is 62.2 Å². The zero-order valence-corrected chi connectivity index (χ0v) is 23.0. The second-order valence-corrected chi connectivity index (χ2v) is 9.38. The van der Waals surface area contributed by atoms with Crippen LogP contribution in [-0.2, 0) is 23.8 Å². The first-order chi connectivity index (χ1) is 17.1. The average Bonchev–Trinajstić information content (AvgIpc) is 2.83. The van der Waals surface area contributed by atoms with Crippen LogP contribution in [0.1, 0.15) is 124 Å². The third-order valence-corrected chi connectivity index (χ3v) is 6.05. The summed E-state index contributed by atoms with van der Waals surface area (Å²) in [6.45, 7) is 6.75. The summed E-state index contributed by atoms with van der Waals surface area (Å²) in [6.07, 6.45) is 20.5. The number of esters is 2. The number of unbranched alkanes of at least 4 members (excludes halogenated alkanes) is 15. The van der Waals surface area contributed by atoms with Crippen LogP contribution in [0, 0.1) is 0 Å². The largest absolute Gasteiger partial charge is 0.464 e. The maximum Gasteiger partial charge on any atom is 0.334 e. The SMILES string of the molecule is CCCCCCCCCCCCCCCCCCOCC(O)CNC(C(=O)OCC)C(=O)OCC. The Morgan fingerprint density at radius 1 is 0.657 bits per heavy atom. The molecule has 0 spiro atoms. The van der Waals surface area contributed by atoms with Crippen molar-refractivity contribution < 1.29 is 28.9 Å². The van der Waals surface area contributed by atoms with Gasteiger partial charge in [-0.25, -0.2) is 9.59 Å². The molecule has 0 aliphatic rings. The summed E-state index contributed by atoms with van der Waals surface area (Å²) >= 11 is 0. The quantitative estimate of drug-likeness (QED) is 0.0890. The first-order valence-corrected chi connectivity index (χ1v) is 14.4. The second kappa shape index (κ2) is 25.9. The van der Waals surface area contributed by atoms with Crippen LogP contribution in [0.15, 0.2) is 0 Å². The van der Waals surface area contributed by atoms with E-state index in [4.69, 9.17) is 14.2 Å². The normalized spacial score (nSPS) is 12.1. The molecule has 0 aromatic rings. The van der Waals surface area contributed by atoms with Crippen LogP contribution in [0.2, 0.25) is 0 Å². The lowest BCUT2D eigenvalue weighted by Gasteiger charge is -2.18. The highest BCUT2D eigenvalue weighted by atomic mass is 16.6. The van der Waals surface area contributed by atoms with Gasteiger partial charge in [-0.05, 0) is 20.3 Å². The Morgan fingerprint density at radius 3 is 1.46 bits per heavy atom. The Labute approximate surface area is 215 Å². The molecule has 7 nitrogen and oxygen atoms in total. The van der Waals surface area contributed by atoms with Crippen molar-refractivity contribution in [2.24, 2.45) is 0 Å². The highest BCUT2D eigenvalue weighted by molar-refractivity contribution is 5.99.